The summed E-state index contributed by atoms with van der Waals surface area (Å²) in [6, 6.07) is 2.22. The third-order valence-electron chi connectivity index (χ3n) is 3.92. The predicted molar refractivity (Wildman–Crippen MR) is 76.2 cm³/mol. The van der Waals surface area contributed by atoms with Gasteiger partial charge < -0.3 is 4.74 Å². The zero-order chi connectivity index (χ0) is 13.6. The Morgan fingerprint density at radius 3 is 3.00 bits per heavy atom. The molecule has 1 fully saturated rings. The average molecular weight is 325 g/mol. The molecule has 0 unspecified atom stereocenters. The molecule has 2 aliphatic rings. The van der Waals surface area contributed by atoms with Crippen molar-refractivity contribution in [3.63, 3.8) is 0 Å². The second-order valence-electron chi connectivity index (χ2n) is 5.44. The second kappa shape index (κ2) is 4.87. The minimum atomic E-state index is -0.0558. The Hall–Kier alpha value is -0.940. The smallest absolute Gasteiger partial charge is 0.234 e. The normalized spacial score (nSPS) is 26.3. The SMILES string of the molecule is CC(C)N1C(=O)[C@@H]2COCC[C@H]2c2cc(Br)cnc21. The lowest BCUT2D eigenvalue weighted by molar-refractivity contribution is -0.128. The van der Waals surface area contributed by atoms with E-state index in [1.54, 1.807) is 6.20 Å². The van der Waals surface area contributed by atoms with Gasteiger partial charge in [0.1, 0.15) is 5.82 Å². The standard InChI is InChI=1S/C14H17BrN2O2/c1-8(2)17-13-11(5-9(15)6-16-13)10-3-4-19-7-12(10)14(17)18/h5-6,8,10,12H,3-4,7H2,1-2H3/t10-,12+/m0/s1. The van der Waals surface area contributed by atoms with Crippen molar-refractivity contribution in [1.82, 2.24) is 4.98 Å². The van der Waals surface area contributed by atoms with Gasteiger partial charge in [-0.25, -0.2) is 4.98 Å². The van der Waals surface area contributed by atoms with Crippen molar-refractivity contribution in [2.24, 2.45) is 5.92 Å². The minimum absolute atomic E-state index is 0.0558. The Morgan fingerprint density at radius 1 is 1.47 bits per heavy atom. The number of hydrogen-bond acceptors (Lipinski definition) is 3. The van der Waals surface area contributed by atoms with Crippen LogP contribution in [0.5, 0.6) is 0 Å². The quantitative estimate of drug-likeness (QED) is 0.797. The summed E-state index contributed by atoms with van der Waals surface area (Å²) >= 11 is 3.48. The molecule has 102 valence electrons. The number of hydrogen-bond donors (Lipinski definition) is 0. The third kappa shape index (κ3) is 2.09. The van der Waals surface area contributed by atoms with Crippen molar-refractivity contribution in [3.05, 3.63) is 22.3 Å². The molecule has 0 N–H and O–H groups in total. The highest BCUT2D eigenvalue weighted by Crippen LogP contribution is 2.43. The molecule has 2 atom stereocenters. The van der Waals surface area contributed by atoms with Crippen LogP contribution in [0.2, 0.25) is 0 Å². The lowest BCUT2D eigenvalue weighted by Crippen LogP contribution is -2.50. The minimum Gasteiger partial charge on any atom is -0.381 e. The number of halogens is 1. The molecule has 4 nitrogen and oxygen atoms in total. The lowest BCUT2D eigenvalue weighted by Gasteiger charge is -2.42. The maximum atomic E-state index is 12.6. The summed E-state index contributed by atoms with van der Waals surface area (Å²) in [5, 5.41) is 0. The Morgan fingerprint density at radius 2 is 2.26 bits per heavy atom. The number of carbonyl (C=O) groups excluding carboxylic acids is 1. The summed E-state index contributed by atoms with van der Waals surface area (Å²) in [5.74, 6) is 1.17. The summed E-state index contributed by atoms with van der Waals surface area (Å²) in [6.45, 7) is 5.30. The Bertz CT molecular complexity index is 518. The Balaban J connectivity index is 2.14. The molecule has 2 aliphatic heterocycles. The van der Waals surface area contributed by atoms with E-state index in [0.29, 0.717) is 6.61 Å². The van der Waals surface area contributed by atoms with Crippen LogP contribution in [0, 0.1) is 5.92 Å². The van der Waals surface area contributed by atoms with E-state index >= 15 is 0 Å². The second-order valence-corrected chi connectivity index (χ2v) is 6.36. The van der Waals surface area contributed by atoms with Crippen molar-refractivity contribution >= 4 is 27.7 Å². The maximum Gasteiger partial charge on any atom is 0.234 e. The molecule has 5 heteroatoms. The zero-order valence-electron chi connectivity index (χ0n) is 11.1. The highest BCUT2D eigenvalue weighted by molar-refractivity contribution is 9.10. The molecule has 1 saturated heterocycles. The molecular weight excluding hydrogens is 308 g/mol. The van der Waals surface area contributed by atoms with Crippen molar-refractivity contribution < 1.29 is 9.53 Å². The van der Waals surface area contributed by atoms with E-state index in [1.807, 2.05) is 18.7 Å². The van der Waals surface area contributed by atoms with Gasteiger partial charge in [0.25, 0.3) is 0 Å². The molecule has 0 aliphatic carbocycles. The van der Waals surface area contributed by atoms with Gasteiger partial charge in [-0.2, -0.15) is 0 Å². The summed E-state index contributed by atoms with van der Waals surface area (Å²) in [7, 11) is 0. The number of ether oxygens (including phenoxy) is 1. The molecule has 19 heavy (non-hydrogen) atoms. The van der Waals surface area contributed by atoms with Crippen LogP contribution in [0.4, 0.5) is 5.82 Å². The van der Waals surface area contributed by atoms with Gasteiger partial charge in [0.15, 0.2) is 0 Å². The molecule has 1 aromatic rings. The fourth-order valence-electron chi connectivity index (χ4n) is 3.06. The van der Waals surface area contributed by atoms with E-state index in [0.717, 1.165) is 23.3 Å². The fourth-order valence-corrected chi connectivity index (χ4v) is 3.41. The van der Waals surface area contributed by atoms with Crippen LogP contribution in [0.15, 0.2) is 16.7 Å². The fraction of sp³-hybridized carbons (Fsp3) is 0.571. The highest BCUT2D eigenvalue weighted by Gasteiger charge is 2.43. The van der Waals surface area contributed by atoms with E-state index in [9.17, 15) is 4.79 Å². The van der Waals surface area contributed by atoms with Crippen molar-refractivity contribution in [2.45, 2.75) is 32.2 Å². The van der Waals surface area contributed by atoms with Gasteiger partial charge in [0.2, 0.25) is 5.91 Å². The first-order chi connectivity index (χ1) is 9.09. The van der Waals surface area contributed by atoms with Gasteiger partial charge >= 0.3 is 0 Å². The van der Waals surface area contributed by atoms with Crippen LogP contribution in [0.3, 0.4) is 0 Å². The van der Waals surface area contributed by atoms with E-state index < -0.39 is 0 Å². The first-order valence-electron chi connectivity index (χ1n) is 6.66. The maximum absolute atomic E-state index is 12.6. The molecule has 3 rings (SSSR count). The van der Waals surface area contributed by atoms with E-state index in [1.165, 1.54) is 5.56 Å². The number of anilines is 1. The molecule has 3 heterocycles. The topological polar surface area (TPSA) is 42.4 Å². The van der Waals surface area contributed by atoms with Gasteiger partial charge in [-0.15, -0.1) is 0 Å². The molecule has 0 aromatic carbocycles. The van der Waals surface area contributed by atoms with Crippen LogP contribution >= 0.6 is 15.9 Å². The number of pyridine rings is 1. The molecule has 1 aromatic heterocycles. The monoisotopic (exact) mass is 324 g/mol. The average Bonchev–Trinajstić information content (AvgIpc) is 2.39. The van der Waals surface area contributed by atoms with E-state index in [2.05, 4.69) is 27.0 Å². The van der Waals surface area contributed by atoms with Gasteiger partial charge in [0, 0.05) is 34.8 Å². The van der Waals surface area contributed by atoms with Gasteiger partial charge in [-0.1, -0.05) is 0 Å². The number of rotatable bonds is 1. The summed E-state index contributed by atoms with van der Waals surface area (Å²) in [6.07, 6.45) is 2.66. The lowest BCUT2D eigenvalue weighted by atomic mass is 9.79. The molecule has 1 amide bonds. The van der Waals surface area contributed by atoms with Gasteiger partial charge in [-0.05, 0) is 42.3 Å². The number of aromatic nitrogens is 1. The summed E-state index contributed by atoms with van der Waals surface area (Å²) in [5.41, 5.74) is 1.18. The zero-order valence-corrected chi connectivity index (χ0v) is 12.7. The largest absolute Gasteiger partial charge is 0.381 e. The van der Waals surface area contributed by atoms with Crippen LogP contribution in [0.1, 0.15) is 31.7 Å². The number of nitrogens with zero attached hydrogens (tertiary/aromatic N) is 2. The van der Waals surface area contributed by atoms with Crippen LogP contribution in [-0.2, 0) is 9.53 Å². The summed E-state index contributed by atoms with van der Waals surface area (Å²) in [4.78, 5) is 18.9. The molecule has 0 bridgehead atoms. The predicted octanol–water partition coefficient (Wildman–Crippen LogP) is 2.72. The van der Waals surface area contributed by atoms with Crippen LogP contribution in [-0.4, -0.2) is 30.1 Å². The van der Waals surface area contributed by atoms with Crippen LogP contribution in [0.25, 0.3) is 0 Å². The van der Waals surface area contributed by atoms with Gasteiger partial charge in [0.05, 0.1) is 12.5 Å². The Kier molecular flexibility index (Phi) is 3.35. The highest BCUT2D eigenvalue weighted by atomic mass is 79.9. The van der Waals surface area contributed by atoms with Crippen molar-refractivity contribution in [3.8, 4) is 0 Å². The van der Waals surface area contributed by atoms with Gasteiger partial charge in [-0.3, -0.25) is 9.69 Å². The number of carbonyl (C=O) groups is 1. The number of fused-ring (bicyclic) bond motifs is 3. The third-order valence-corrected chi connectivity index (χ3v) is 4.35. The molecule has 0 spiro atoms. The molecule has 0 saturated carbocycles. The number of amides is 1. The molecular formula is C14H17BrN2O2. The first kappa shape index (κ1) is 13.1. The van der Waals surface area contributed by atoms with E-state index in [-0.39, 0.29) is 23.8 Å². The Labute approximate surface area is 121 Å². The first-order valence-corrected chi connectivity index (χ1v) is 7.45. The van der Waals surface area contributed by atoms with E-state index in [4.69, 9.17) is 4.74 Å². The van der Waals surface area contributed by atoms with Crippen LogP contribution < -0.4 is 4.90 Å². The molecule has 0 radical (unpaired) electrons. The van der Waals surface area contributed by atoms with Crippen molar-refractivity contribution in [2.75, 3.05) is 18.1 Å². The summed E-state index contributed by atoms with van der Waals surface area (Å²) < 4.78 is 6.47. The van der Waals surface area contributed by atoms with Crippen molar-refractivity contribution in [1.29, 1.82) is 0 Å².